The van der Waals surface area contributed by atoms with Crippen LogP contribution in [0, 0.1) is 0 Å². The minimum Gasteiger partial charge on any atom is -0.494 e. The standard InChI is InChI=1S/C29H33BrClN3O5S/c1-5-39-26-13-11-25(12-14-26)34(40(37,38)27-15-9-23(30)10-16-27)19-28(35)33(21(4)29(36)32-20(2)3)18-22-7-6-8-24(31)17-22/h6-17,20-21H,5,18-19H2,1-4H3,(H,32,36)/t21-/m1/s1. The van der Waals surface area contributed by atoms with E-state index in [1.165, 1.54) is 17.0 Å². The molecule has 3 aromatic carbocycles. The van der Waals surface area contributed by atoms with Gasteiger partial charge in [0, 0.05) is 22.1 Å². The second-order valence-electron chi connectivity index (χ2n) is 9.38. The molecule has 0 aliphatic carbocycles. The van der Waals surface area contributed by atoms with E-state index in [-0.39, 0.29) is 29.1 Å². The van der Waals surface area contributed by atoms with E-state index in [2.05, 4.69) is 21.2 Å². The number of halogens is 2. The van der Waals surface area contributed by atoms with Crippen LogP contribution in [0.15, 0.2) is 82.2 Å². The molecule has 0 saturated carbocycles. The number of sulfonamides is 1. The molecule has 0 bridgehead atoms. The van der Waals surface area contributed by atoms with Crippen molar-refractivity contribution < 1.29 is 22.7 Å². The van der Waals surface area contributed by atoms with Crippen LogP contribution in [0.4, 0.5) is 5.69 Å². The second kappa shape index (κ2) is 14.0. The summed E-state index contributed by atoms with van der Waals surface area (Å²) in [7, 11) is -4.17. The van der Waals surface area contributed by atoms with Crippen LogP contribution in [0.25, 0.3) is 0 Å². The summed E-state index contributed by atoms with van der Waals surface area (Å²) in [6.45, 7) is 7.09. The highest BCUT2D eigenvalue weighted by Crippen LogP contribution is 2.27. The maximum atomic E-state index is 13.9. The van der Waals surface area contributed by atoms with Crippen LogP contribution in [0.1, 0.15) is 33.3 Å². The first-order valence-corrected chi connectivity index (χ1v) is 15.4. The highest BCUT2D eigenvalue weighted by molar-refractivity contribution is 9.10. The van der Waals surface area contributed by atoms with Crippen molar-refractivity contribution >= 4 is 55.1 Å². The lowest BCUT2D eigenvalue weighted by molar-refractivity contribution is -0.139. The van der Waals surface area contributed by atoms with E-state index in [1.54, 1.807) is 67.6 Å². The van der Waals surface area contributed by atoms with E-state index in [0.29, 0.717) is 27.4 Å². The Hall–Kier alpha value is -3.08. The molecule has 0 fully saturated rings. The summed E-state index contributed by atoms with van der Waals surface area (Å²) in [5.41, 5.74) is 0.982. The first kappa shape index (κ1) is 31.4. The van der Waals surface area contributed by atoms with Gasteiger partial charge in [0.1, 0.15) is 18.3 Å². The number of nitrogens with zero attached hydrogens (tertiary/aromatic N) is 2. The van der Waals surface area contributed by atoms with E-state index in [1.807, 2.05) is 20.8 Å². The molecule has 1 N–H and O–H groups in total. The van der Waals surface area contributed by atoms with E-state index in [0.717, 1.165) is 4.31 Å². The number of carbonyl (C=O) groups excluding carboxylic acids is 2. The molecule has 0 heterocycles. The number of nitrogens with one attached hydrogen (secondary N) is 1. The van der Waals surface area contributed by atoms with Crippen LogP contribution in [0.5, 0.6) is 5.75 Å². The number of hydrogen-bond donors (Lipinski definition) is 1. The summed E-state index contributed by atoms with van der Waals surface area (Å²) in [5.74, 6) is -0.338. The second-order valence-corrected chi connectivity index (χ2v) is 12.6. The topological polar surface area (TPSA) is 96.0 Å². The van der Waals surface area contributed by atoms with Gasteiger partial charge in [-0.25, -0.2) is 8.42 Å². The number of ether oxygens (including phenoxy) is 1. The zero-order chi connectivity index (χ0) is 29.4. The average Bonchev–Trinajstić information content (AvgIpc) is 2.90. The van der Waals surface area contributed by atoms with E-state index in [9.17, 15) is 18.0 Å². The number of benzene rings is 3. The largest absolute Gasteiger partial charge is 0.494 e. The zero-order valence-corrected chi connectivity index (χ0v) is 26.0. The van der Waals surface area contributed by atoms with Crippen molar-refractivity contribution in [2.45, 2.75) is 51.2 Å². The first-order valence-electron chi connectivity index (χ1n) is 12.8. The fraction of sp³-hybridized carbons (Fsp3) is 0.310. The molecule has 3 aromatic rings. The highest BCUT2D eigenvalue weighted by Gasteiger charge is 2.32. The van der Waals surface area contributed by atoms with Crippen LogP contribution in [-0.2, 0) is 26.2 Å². The number of hydrogen-bond acceptors (Lipinski definition) is 5. The molecule has 11 heteroatoms. The van der Waals surface area contributed by atoms with Gasteiger partial charge < -0.3 is 15.0 Å². The van der Waals surface area contributed by atoms with Crippen LogP contribution < -0.4 is 14.4 Å². The average molecular weight is 651 g/mol. The van der Waals surface area contributed by atoms with Gasteiger partial charge in [-0.1, -0.05) is 39.7 Å². The third kappa shape index (κ3) is 8.22. The summed E-state index contributed by atoms with van der Waals surface area (Å²) < 4.78 is 35.0. The van der Waals surface area contributed by atoms with Crippen molar-refractivity contribution in [3.05, 3.63) is 87.9 Å². The summed E-state index contributed by atoms with van der Waals surface area (Å²) in [6.07, 6.45) is 0. The van der Waals surface area contributed by atoms with Gasteiger partial charge >= 0.3 is 0 Å². The molecule has 0 aromatic heterocycles. The van der Waals surface area contributed by atoms with Crippen LogP contribution in [-0.4, -0.2) is 50.4 Å². The van der Waals surface area contributed by atoms with Gasteiger partial charge in [-0.3, -0.25) is 13.9 Å². The summed E-state index contributed by atoms with van der Waals surface area (Å²) in [4.78, 5) is 28.3. The lowest BCUT2D eigenvalue weighted by Gasteiger charge is -2.32. The Kier molecular flexibility index (Phi) is 11.0. The van der Waals surface area contributed by atoms with Gasteiger partial charge in [0.15, 0.2) is 0 Å². The number of anilines is 1. The third-order valence-corrected chi connectivity index (χ3v) is 8.51. The number of rotatable bonds is 12. The quantitative estimate of drug-likeness (QED) is 0.274. The van der Waals surface area contributed by atoms with E-state index < -0.39 is 28.5 Å². The van der Waals surface area contributed by atoms with Crippen molar-refractivity contribution in [1.82, 2.24) is 10.2 Å². The summed E-state index contributed by atoms with van der Waals surface area (Å²) >= 11 is 9.50. The molecule has 0 aliphatic heterocycles. The minimum atomic E-state index is -4.17. The molecular weight excluding hydrogens is 618 g/mol. The van der Waals surface area contributed by atoms with Crippen molar-refractivity contribution in [2.24, 2.45) is 0 Å². The Balaban J connectivity index is 2.03. The molecule has 0 unspecified atom stereocenters. The summed E-state index contributed by atoms with van der Waals surface area (Å²) in [6, 6.07) is 18.6. The Labute approximate surface area is 249 Å². The molecule has 0 radical (unpaired) electrons. The zero-order valence-electron chi connectivity index (χ0n) is 22.8. The van der Waals surface area contributed by atoms with Gasteiger partial charge in [0.25, 0.3) is 10.0 Å². The molecule has 0 aliphatic rings. The maximum Gasteiger partial charge on any atom is 0.264 e. The minimum absolute atomic E-state index is 0.0179. The molecule has 40 heavy (non-hydrogen) atoms. The SMILES string of the molecule is CCOc1ccc(N(CC(=O)N(Cc2cccc(Cl)c2)[C@H](C)C(=O)NC(C)C)S(=O)(=O)c2ccc(Br)cc2)cc1. The Morgan fingerprint density at radius 3 is 2.23 bits per heavy atom. The maximum absolute atomic E-state index is 13.9. The predicted molar refractivity (Wildman–Crippen MR) is 161 cm³/mol. The fourth-order valence-corrected chi connectivity index (χ4v) is 5.85. The Morgan fingerprint density at radius 1 is 1.00 bits per heavy atom. The van der Waals surface area contributed by atoms with Gasteiger partial charge in [-0.2, -0.15) is 0 Å². The van der Waals surface area contributed by atoms with Crippen molar-refractivity contribution in [1.29, 1.82) is 0 Å². The van der Waals surface area contributed by atoms with Crippen LogP contribution in [0.3, 0.4) is 0 Å². The molecule has 214 valence electrons. The molecular formula is C29H33BrClN3O5S. The summed E-state index contributed by atoms with van der Waals surface area (Å²) in [5, 5.41) is 3.31. The molecule has 8 nitrogen and oxygen atoms in total. The van der Waals surface area contributed by atoms with Crippen LogP contribution in [0.2, 0.25) is 5.02 Å². The highest BCUT2D eigenvalue weighted by atomic mass is 79.9. The molecule has 1 atom stereocenters. The lowest BCUT2D eigenvalue weighted by Crippen LogP contribution is -2.52. The fourth-order valence-electron chi connectivity index (χ4n) is 3.96. The predicted octanol–water partition coefficient (Wildman–Crippen LogP) is 5.64. The Bertz CT molecular complexity index is 1420. The van der Waals surface area contributed by atoms with Gasteiger partial charge in [0.05, 0.1) is 17.2 Å². The van der Waals surface area contributed by atoms with E-state index in [4.69, 9.17) is 16.3 Å². The van der Waals surface area contributed by atoms with Crippen molar-refractivity contribution in [2.75, 3.05) is 17.5 Å². The smallest absolute Gasteiger partial charge is 0.264 e. The molecule has 0 spiro atoms. The third-order valence-electron chi connectivity index (χ3n) is 5.96. The number of carbonyl (C=O) groups is 2. The van der Waals surface area contributed by atoms with Gasteiger partial charge in [0.2, 0.25) is 11.8 Å². The normalized spacial score (nSPS) is 12.1. The molecule has 3 rings (SSSR count). The van der Waals surface area contributed by atoms with Crippen molar-refractivity contribution in [3.8, 4) is 5.75 Å². The van der Waals surface area contributed by atoms with Gasteiger partial charge in [-0.05, 0) is 93.9 Å². The number of amides is 2. The van der Waals surface area contributed by atoms with Crippen LogP contribution >= 0.6 is 27.5 Å². The van der Waals surface area contributed by atoms with E-state index >= 15 is 0 Å². The van der Waals surface area contributed by atoms with Crippen molar-refractivity contribution in [3.63, 3.8) is 0 Å². The first-order chi connectivity index (χ1) is 18.9. The molecule has 0 saturated heterocycles. The molecule has 2 amide bonds. The lowest BCUT2D eigenvalue weighted by atomic mass is 10.1. The monoisotopic (exact) mass is 649 g/mol. The van der Waals surface area contributed by atoms with Gasteiger partial charge in [-0.15, -0.1) is 0 Å². The Morgan fingerprint density at radius 2 is 1.65 bits per heavy atom.